The number of aliphatic hydroxyl groups excluding tert-OH is 1. The summed E-state index contributed by atoms with van der Waals surface area (Å²) in [5.74, 6) is 2.22. The van der Waals surface area contributed by atoms with Crippen molar-refractivity contribution in [1.29, 1.82) is 0 Å². The fourth-order valence-electron chi connectivity index (χ4n) is 4.79. The number of fused-ring (bicyclic) bond motifs is 1. The lowest BCUT2D eigenvalue weighted by molar-refractivity contribution is 0.0819. The van der Waals surface area contributed by atoms with Crippen LogP contribution in [0.1, 0.15) is 35.3 Å². The average Bonchev–Trinajstić information content (AvgIpc) is 3.41. The molecule has 0 radical (unpaired) electrons. The maximum atomic E-state index is 10.1. The second-order valence-corrected chi connectivity index (χ2v) is 9.18. The van der Waals surface area contributed by atoms with Gasteiger partial charge in [-0.3, -0.25) is 9.47 Å². The number of hydrogen-bond donors (Lipinski definition) is 1. The van der Waals surface area contributed by atoms with Gasteiger partial charge in [0.1, 0.15) is 23.5 Å². The molecule has 1 aliphatic carbocycles. The van der Waals surface area contributed by atoms with Gasteiger partial charge >= 0.3 is 0 Å². The number of benzene rings is 2. The summed E-state index contributed by atoms with van der Waals surface area (Å²) in [6.45, 7) is 5.33. The van der Waals surface area contributed by atoms with Crippen molar-refractivity contribution in [3.05, 3.63) is 69.2 Å². The standard InChI is InChI=1S/C23H24Cl2N4O2/c1-13-26-27-14(2)29(13)17-5-6-22(20(25)11-17)31-23-19-10-16(24)4-3-15(19)9-21(23)28-8-7-18(30)12-28/h3-6,10-11,18,21,23,30H,7-9,12H2,1-2H3/t18?,21-,23-/m0/s1. The highest BCUT2D eigenvalue weighted by Gasteiger charge is 2.40. The molecule has 3 aromatic rings. The first-order valence-electron chi connectivity index (χ1n) is 10.5. The van der Waals surface area contributed by atoms with E-state index in [1.165, 1.54) is 5.56 Å². The minimum Gasteiger partial charge on any atom is -0.482 e. The third-order valence-corrected chi connectivity index (χ3v) is 6.80. The molecule has 8 heteroatoms. The number of halogens is 2. The van der Waals surface area contributed by atoms with Crippen molar-refractivity contribution in [2.24, 2.45) is 0 Å². The highest BCUT2D eigenvalue weighted by Crippen LogP contribution is 2.42. The Balaban J connectivity index is 1.47. The molecular weight excluding hydrogens is 435 g/mol. The summed E-state index contributed by atoms with van der Waals surface area (Å²) in [6, 6.07) is 11.8. The van der Waals surface area contributed by atoms with Crippen LogP contribution in [-0.4, -0.2) is 50.0 Å². The fourth-order valence-corrected chi connectivity index (χ4v) is 5.19. The summed E-state index contributed by atoms with van der Waals surface area (Å²) in [6.07, 6.45) is 1.15. The molecule has 0 saturated carbocycles. The number of aromatic nitrogens is 3. The van der Waals surface area contributed by atoms with Crippen molar-refractivity contribution in [1.82, 2.24) is 19.7 Å². The summed E-state index contributed by atoms with van der Waals surface area (Å²) < 4.78 is 8.48. The molecule has 0 amide bonds. The summed E-state index contributed by atoms with van der Waals surface area (Å²) in [4.78, 5) is 2.31. The third kappa shape index (κ3) is 3.82. The maximum Gasteiger partial charge on any atom is 0.140 e. The molecule has 0 spiro atoms. The second kappa shape index (κ2) is 8.10. The van der Waals surface area contributed by atoms with Crippen LogP contribution in [0.2, 0.25) is 10.0 Å². The SMILES string of the molecule is Cc1nnc(C)n1-c1ccc(O[C@H]2c3cc(Cl)ccc3C[C@@H]2N2CCC(O)C2)c(Cl)c1. The molecule has 5 rings (SSSR count). The number of β-amino-alcohol motifs (C(OH)–C–C–N with tert-alkyl or cyclic N) is 1. The quantitative estimate of drug-likeness (QED) is 0.631. The predicted octanol–water partition coefficient (Wildman–Crippen LogP) is 4.30. The van der Waals surface area contributed by atoms with E-state index in [9.17, 15) is 5.11 Å². The number of hydrogen-bond acceptors (Lipinski definition) is 5. The number of aryl methyl sites for hydroxylation is 2. The first-order valence-corrected chi connectivity index (χ1v) is 11.2. The van der Waals surface area contributed by atoms with E-state index in [0.29, 0.717) is 22.3 Å². The molecule has 2 aromatic carbocycles. The van der Waals surface area contributed by atoms with Crippen LogP contribution >= 0.6 is 23.2 Å². The topological polar surface area (TPSA) is 63.4 Å². The number of ether oxygens (including phenoxy) is 1. The van der Waals surface area contributed by atoms with E-state index in [-0.39, 0.29) is 18.2 Å². The molecule has 1 aliphatic heterocycles. The molecule has 1 fully saturated rings. The zero-order valence-electron chi connectivity index (χ0n) is 17.4. The lowest BCUT2D eigenvalue weighted by Gasteiger charge is -2.30. The Morgan fingerprint density at radius 1 is 1.06 bits per heavy atom. The molecule has 31 heavy (non-hydrogen) atoms. The maximum absolute atomic E-state index is 10.1. The molecule has 0 bridgehead atoms. The minimum absolute atomic E-state index is 0.128. The van der Waals surface area contributed by atoms with Crippen LogP contribution in [0.15, 0.2) is 36.4 Å². The van der Waals surface area contributed by atoms with Crippen molar-refractivity contribution in [3.8, 4) is 11.4 Å². The van der Waals surface area contributed by atoms with Gasteiger partial charge in [0.15, 0.2) is 0 Å². The van der Waals surface area contributed by atoms with Gasteiger partial charge in [-0.05, 0) is 68.1 Å². The second-order valence-electron chi connectivity index (χ2n) is 8.34. The number of likely N-dealkylation sites (tertiary alicyclic amines) is 1. The van der Waals surface area contributed by atoms with Crippen LogP contribution in [0.3, 0.4) is 0 Å². The van der Waals surface area contributed by atoms with Crippen LogP contribution in [0, 0.1) is 13.8 Å². The summed E-state index contributed by atoms with van der Waals surface area (Å²) in [7, 11) is 0. The van der Waals surface area contributed by atoms with E-state index in [0.717, 1.165) is 42.3 Å². The van der Waals surface area contributed by atoms with Crippen LogP contribution in [0.25, 0.3) is 5.69 Å². The summed E-state index contributed by atoms with van der Waals surface area (Å²) >= 11 is 13.0. The smallest absolute Gasteiger partial charge is 0.140 e. The predicted molar refractivity (Wildman–Crippen MR) is 120 cm³/mol. The lowest BCUT2D eigenvalue weighted by atomic mass is 10.1. The first-order chi connectivity index (χ1) is 14.9. The third-order valence-electron chi connectivity index (χ3n) is 6.27. The van der Waals surface area contributed by atoms with Gasteiger partial charge in [-0.15, -0.1) is 10.2 Å². The largest absolute Gasteiger partial charge is 0.482 e. The molecule has 1 saturated heterocycles. The molecule has 2 aliphatic rings. The number of rotatable bonds is 4. The fraction of sp³-hybridized carbons (Fsp3) is 0.391. The van der Waals surface area contributed by atoms with Gasteiger partial charge in [0.2, 0.25) is 0 Å². The zero-order chi connectivity index (χ0) is 21.7. The molecule has 3 atom stereocenters. The van der Waals surface area contributed by atoms with Crippen LogP contribution in [0.5, 0.6) is 5.75 Å². The van der Waals surface area contributed by atoms with Crippen molar-refractivity contribution in [2.75, 3.05) is 13.1 Å². The Labute approximate surface area is 191 Å². The van der Waals surface area contributed by atoms with Gasteiger partial charge in [-0.2, -0.15) is 0 Å². The van der Waals surface area contributed by atoms with Gasteiger partial charge in [-0.1, -0.05) is 29.3 Å². The van der Waals surface area contributed by atoms with E-state index in [4.69, 9.17) is 27.9 Å². The Kier molecular flexibility index (Phi) is 5.42. The van der Waals surface area contributed by atoms with Gasteiger partial charge in [-0.25, -0.2) is 0 Å². The summed E-state index contributed by atoms with van der Waals surface area (Å²) in [5, 5.41) is 19.5. The van der Waals surface area contributed by atoms with E-state index >= 15 is 0 Å². The van der Waals surface area contributed by atoms with Gasteiger partial charge in [0.25, 0.3) is 0 Å². The van der Waals surface area contributed by atoms with Gasteiger partial charge in [0, 0.05) is 18.1 Å². The molecule has 2 heterocycles. The molecule has 1 aromatic heterocycles. The van der Waals surface area contributed by atoms with Crippen molar-refractivity contribution < 1.29 is 9.84 Å². The Morgan fingerprint density at radius 2 is 1.84 bits per heavy atom. The van der Waals surface area contributed by atoms with Crippen LogP contribution < -0.4 is 4.74 Å². The molecular formula is C23H24Cl2N4O2. The number of aliphatic hydroxyl groups is 1. The van der Waals surface area contributed by atoms with Gasteiger partial charge in [0.05, 0.1) is 22.9 Å². The lowest BCUT2D eigenvalue weighted by Crippen LogP contribution is -2.39. The molecule has 1 unspecified atom stereocenters. The normalized spacial score (nSPS) is 23.3. The Bertz CT molecular complexity index is 1110. The highest BCUT2D eigenvalue weighted by molar-refractivity contribution is 6.32. The van der Waals surface area contributed by atoms with E-state index in [1.807, 2.05) is 48.7 Å². The van der Waals surface area contributed by atoms with E-state index in [1.54, 1.807) is 0 Å². The monoisotopic (exact) mass is 458 g/mol. The highest BCUT2D eigenvalue weighted by atomic mass is 35.5. The first kappa shape index (κ1) is 20.8. The van der Waals surface area contributed by atoms with Crippen LogP contribution in [-0.2, 0) is 6.42 Å². The molecule has 6 nitrogen and oxygen atoms in total. The van der Waals surface area contributed by atoms with Crippen molar-refractivity contribution >= 4 is 23.2 Å². The minimum atomic E-state index is -0.286. The van der Waals surface area contributed by atoms with Crippen molar-refractivity contribution in [2.45, 2.75) is 44.9 Å². The van der Waals surface area contributed by atoms with E-state index in [2.05, 4.69) is 21.2 Å². The Hall–Kier alpha value is -2.12. The van der Waals surface area contributed by atoms with Crippen LogP contribution in [0.4, 0.5) is 0 Å². The number of nitrogens with zero attached hydrogens (tertiary/aromatic N) is 4. The zero-order valence-corrected chi connectivity index (χ0v) is 18.9. The van der Waals surface area contributed by atoms with Gasteiger partial charge < -0.3 is 9.84 Å². The van der Waals surface area contributed by atoms with Crippen molar-refractivity contribution in [3.63, 3.8) is 0 Å². The summed E-state index contributed by atoms with van der Waals surface area (Å²) in [5.41, 5.74) is 3.21. The Morgan fingerprint density at radius 3 is 2.52 bits per heavy atom. The molecule has 1 N–H and O–H groups in total. The van der Waals surface area contributed by atoms with E-state index < -0.39 is 0 Å². The molecule has 162 valence electrons. The average molecular weight is 459 g/mol.